The summed E-state index contributed by atoms with van der Waals surface area (Å²) in [5.74, 6) is -0.518. The molecule has 7 heteroatoms. The first-order chi connectivity index (χ1) is 13.5. The molecule has 0 bridgehead atoms. The number of hydrogen-bond acceptors (Lipinski definition) is 4. The molecular weight excluding hydrogens is 394 g/mol. The molecule has 0 saturated carbocycles. The van der Waals surface area contributed by atoms with E-state index in [1.807, 2.05) is 12.1 Å². The largest absolute Gasteiger partial charge is 0.321 e. The minimum atomic E-state index is -0.295. The van der Waals surface area contributed by atoms with Crippen molar-refractivity contribution in [1.82, 2.24) is 4.98 Å². The van der Waals surface area contributed by atoms with Crippen LogP contribution in [0.4, 0.5) is 10.8 Å². The Bertz CT molecular complexity index is 1060. The lowest BCUT2D eigenvalue weighted by molar-refractivity contribution is 0.102. The number of carbonyl (C=O) groups is 2. The number of anilines is 2. The van der Waals surface area contributed by atoms with Crippen molar-refractivity contribution in [1.29, 1.82) is 0 Å². The molecule has 0 spiro atoms. The summed E-state index contributed by atoms with van der Waals surface area (Å²) >= 11 is 7.00. The minimum Gasteiger partial charge on any atom is -0.321 e. The van der Waals surface area contributed by atoms with Gasteiger partial charge in [-0.25, -0.2) is 4.98 Å². The number of nitrogens with one attached hydrogen (secondary N) is 2. The molecule has 1 aromatic heterocycles. The lowest BCUT2D eigenvalue weighted by Crippen LogP contribution is -2.11. The van der Waals surface area contributed by atoms with Crippen LogP contribution in [0.15, 0.2) is 42.5 Å². The molecule has 1 heterocycles. The van der Waals surface area contributed by atoms with Crippen molar-refractivity contribution in [3.05, 3.63) is 74.7 Å². The van der Waals surface area contributed by atoms with Crippen molar-refractivity contribution in [3.8, 4) is 0 Å². The van der Waals surface area contributed by atoms with E-state index in [1.165, 1.54) is 11.1 Å². The van der Waals surface area contributed by atoms with E-state index >= 15 is 0 Å². The number of benzene rings is 2. The third kappa shape index (κ3) is 3.93. The van der Waals surface area contributed by atoms with Crippen molar-refractivity contribution < 1.29 is 9.59 Å². The van der Waals surface area contributed by atoms with Crippen molar-refractivity contribution >= 4 is 45.6 Å². The topological polar surface area (TPSA) is 71.1 Å². The summed E-state index contributed by atoms with van der Waals surface area (Å²) in [4.78, 5) is 29.8. The van der Waals surface area contributed by atoms with Gasteiger partial charge in [-0.1, -0.05) is 29.0 Å². The molecule has 0 fully saturated rings. The molecule has 4 rings (SSSR count). The molecule has 0 saturated heterocycles. The monoisotopic (exact) mass is 411 g/mol. The quantitative estimate of drug-likeness (QED) is 0.627. The summed E-state index contributed by atoms with van der Waals surface area (Å²) in [6.07, 6.45) is 3.32. The molecule has 2 amide bonds. The molecule has 3 aromatic rings. The zero-order chi connectivity index (χ0) is 19.7. The third-order valence-corrected chi connectivity index (χ3v) is 6.01. The van der Waals surface area contributed by atoms with Crippen LogP contribution in [0.1, 0.15) is 43.3 Å². The summed E-state index contributed by atoms with van der Waals surface area (Å²) in [6.45, 7) is 1.76. The Labute approximate surface area is 171 Å². The molecule has 0 radical (unpaired) electrons. The van der Waals surface area contributed by atoms with Gasteiger partial charge in [0.25, 0.3) is 11.8 Å². The van der Waals surface area contributed by atoms with Gasteiger partial charge in [-0.15, -0.1) is 0 Å². The molecule has 142 valence electrons. The van der Waals surface area contributed by atoms with Gasteiger partial charge in [-0.3, -0.25) is 14.9 Å². The van der Waals surface area contributed by atoms with Crippen molar-refractivity contribution in [2.24, 2.45) is 0 Å². The maximum Gasteiger partial charge on any atom is 0.267 e. The Morgan fingerprint density at radius 2 is 1.75 bits per heavy atom. The second kappa shape index (κ2) is 7.73. The number of halogens is 1. The predicted octanol–water partition coefficient (Wildman–Crippen LogP) is 5.10. The van der Waals surface area contributed by atoms with Crippen LogP contribution in [-0.2, 0) is 12.8 Å². The summed E-state index contributed by atoms with van der Waals surface area (Å²) in [7, 11) is 0. The van der Waals surface area contributed by atoms with Crippen molar-refractivity contribution in [2.45, 2.75) is 26.2 Å². The van der Waals surface area contributed by atoms with E-state index in [4.69, 9.17) is 11.6 Å². The second-order valence-corrected chi connectivity index (χ2v) is 8.12. The van der Waals surface area contributed by atoms with Crippen molar-refractivity contribution in [2.75, 3.05) is 10.6 Å². The van der Waals surface area contributed by atoms with E-state index < -0.39 is 0 Å². The first-order valence-corrected chi connectivity index (χ1v) is 10.2. The van der Waals surface area contributed by atoms with Crippen LogP contribution in [0, 0.1) is 6.92 Å². The maximum atomic E-state index is 12.7. The van der Waals surface area contributed by atoms with E-state index in [0.29, 0.717) is 26.3 Å². The number of thiazole rings is 1. The molecule has 5 nitrogen and oxygen atoms in total. The molecule has 1 aliphatic carbocycles. The van der Waals surface area contributed by atoms with Gasteiger partial charge in [0.1, 0.15) is 4.88 Å². The zero-order valence-corrected chi connectivity index (χ0v) is 16.8. The average molecular weight is 412 g/mol. The predicted molar refractivity (Wildman–Crippen MR) is 113 cm³/mol. The van der Waals surface area contributed by atoms with E-state index in [-0.39, 0.29) is 11.8 Å². The van der Waals surface area contributed by atoms with Gasteiger partial charge in [-0.05, 0) is 73.7 Å². The summed E-state index contributed by atoms with van der Waals surface area (Å²) < 4.78 is 0. The fraction of sp³-hybridized carbons (Fsp3) is 0.190. The standard InChI is InChI=1S/C21H18ClN3O2S/c1-12-18(20(27)24-17-10-7-13-3-2-4-15(13)11-17)28-21(23-12)25-19(26)14-5-8-16(22)9-6-14/h5-11H,2-4H2,1H3,(H,24,27)(H,23,25,26). The lowest BCUT2D eigenvalue weighted by Gasteiger charge is -2.06. The van der Waals surface area contributed by atoms with Crippen LogP contribution in [-0.4, -0.2) is 16.8 Å². The normalized spacial score (nSPS) is 12.5. The summed E-state index contributed by atoms with van der Waals surface area (Å²) in [5, 5.41) is 6.62. The number of nitrogens with zero attached hydrogens (tertiary/aromatic N) is 1. The second-order valence-electron chi connectivity index (χ2n) is 6.69. The highest BCUT2D eigenvalue weighted by atomic mass is 35.5. The molecule has 0 aliphatic heterocycles. The van der Waals surface area contributed by atoms with Crippen LogP contribution < -0.4 is 10.6 Å². The maximum absolute atomic E-state index is 12.7. The number of rotatable bonds is 4. The number of aromatic nitrogens is 1. The minimum absolute atomic E-state index is 0.222. The van der Waals surface area contributed by atoms with Gasteiger partial charge in [0.05, 0.1) is 5.69 Å². The number of aryl methyl sites for hydroxylation is 3. The van der Waals surface area contributed by atoms with Crippen LogP contribution in [0.3, 0.4) is 0 Å². The lowest BCUT2D eigenvalue weighted by atomic mass is 10.1. The molecule has 1 aliphatic rings. The van der Waals surface area contributed by atoms with Crippen LogP contribution in [0.2, 0.25) is 5.02 Å². The van der Waals surface area contributed by atoms with E-state index in [1.54, 1.807) is 31.2 Å². The number of carbonyl (C=O) groups excluding carboxylic acids is 2. The van der Waals surface area contributed by atoms with E-state index in [0.717, 1.165) is 36.3 Å². The van der Waals surface area contributed by atoms with E-state index in [9.17, 15) is 9.59 Å². The fourth-order valence-corrected chi connectivity index (χ4v) is 4.25. The zero-order valence-electron chi connectivity index (χ0n) is 15.2. The molecule has 28 heavy (non-hydrogen) atoms. The molecule has 0 unspecified atom stereocenters. The molecule has 0 atom stereocenters. The van der Waals surface area contributed by atoms with Crippen molar-refractivity contribution in [3.63, 3.8) is 0 Å². The first kappa shape index (κ1) is 18.7. The van der Waals surface area contributed by atoms with Gasteiger partial charge in [0.2, 0.25) is 0 Å². The Morgan fingerprint density at radius 1 is 1.00 bits per heavy atom. The smallest absolute Gasteiger partial charge is 0.267 e. The SMILES string of the molecule is Cc1nc(NC(=O)c2ccc(Cl)cc2)sc1C(=O)Nc1ccc2c(c1)CCC2. The highest BCUT2D eigenvalue weighted by molar-refractivity contribution is 7.17. The molecule has 2 aromatic carbocycles. The van der Waals surface area contributed by atoms with Gasteiger partial charge in [-0.2, -0.15) is 0 Å². The van der Waals surface area contributed by atoms with E-state index in [2.05, 4.69) is 21.7 Å². The summed E-state index contributed by atoms with van der Waals surface area (Å²) in [6, 6.07) is 12.6. The highest BCUT2D eigenvalue weighted by Gasteiger charge is 2.18. The van der Waals surface area contributed by atoms with Crippen LogP contribution >= 0.6 is 22.9 Å². The highest BCUT2D eigenvalue weighted by Crippen LogP contribution is 2.27. The average Bonchev–Trinajstić information content (AvgIpc) is 3.28. The van der Waals surface area contributed by atoms with Gasteiger partial charge in [0.15, 0.2) is 5.13 Å². The summed E-state index contributed by atoms with van der Waals surface area (Å²) in [5.41, 5.74) is 4.50. The molecular formula is C21H18ClN3O2S. The Hall–Kier alpha value is -2.70. The Kier molecular flexibility index (Phi) is 5.15. The number of fused-ring (bicyclic) bond motifs is 1. The Morgan fingerprint density at radius 3 is 2.54 bits per heavy atom. The van der Waals surface area contributed by atoms with Gasteiger partial charge >= 0.3 is 0 Å². The Balaban J connectivity index is 1.47. The van der Waals surface area contributed by atoms with Crippen LogP contribution in [0.5, 0.6) is 0 Å². The fourth-order valence-electron chi connectivity index (χ4n) is 3.27. The van der Waals surface area contributed by atoms with Gasteiger partial charge in [0, 0.05) is 16.3 Å². The van der Waals surface area contributed by atoms with Crippen LogP contribution in [0.25, 0.3) is 0 Å². The first-order valence-electron chi connectivity index (χ1n) is 8.97. The molecule has 2 N–H and O–H groups in total. The third-order valence-electron chi connectivity index (χ3n) is 4.69. The number of hydrogen-bond donors (Lipinski definition) is 2. The van der Waals surface area contributed by atoms with Gasteiger partial charge < -0.3 is 5.32 Å². The number of amides is 2.